The van der Waals surface area contributed by atoms with E-state index in [1.165, 1.54) is 21.3 Å². The van der Waals surface area contributed by atoms with Crippen LogP contribution < -0.4 is 25.3 Å². The van der Waals surface area contributed by atoms with Crippen LogP contribution in [0, 0.1) is 0 Å². The quantitative estimate of drug-likeness (QED) is 0.819. The van der Waals surface area contributed by atoms with Crippen molar-refractivity contribution in [3.05, 3.63) is 12.1 Å². The van der Waals surface area contributed by atoms with E-state index >= 15 is 0 Å². The van der Waals surface area contributed by atoms with Gasteiger partial charge in [-0.25, -0.2) is 0 Å². The van der Waals surface area contributed by atoms with Gasteiger partial charge in [-0.2, -0.15) is 0 Å². The second-order valence-electron chi connectivity index (χ2n) is 4.93. The molecule has 0 bridgehead atoms. The zero-order chi connectivity index (χ0) is 16.1. The molecule has 2 atom stereocenters. The Morgan fingerprint density at radius 1 is 1.23 bits per heavy atom. The monoisotopic (exact) mass is 310 g/mol. The van der Waals surface area contributed by atoms with E-state index in [-0.39, 0.29) is 12.0 Å². The molecule has 1 fully saturated rings. The molecule has 0 saturated carbocycles. The molecule has 0 aromatic heterocycles. The van der Waals surface area contributed by atoms with E-state index in [0.29, 0.717) is 35.9 Å². The Labute approximate surface area is 129 Å². The zero-order valence-corrected chi connectivity index (χ0v) is 13.0. The van der Waals surface area contributed by atoms with E-state index in [1.807, 2.05) is 0 Å². The molecule has 3 N–H and O–H groups in total. The number of anilines is 1. The van der Waals surface area contributed by atoms with Gasteiger partial charge in [-0.05, 0) is 25.0 Å². The minimum Gasteiger partial charge on any atom is -0.493 e. The molecule has 1 aliphatic heterocycles. The molecule has 0 unspecified atom stereocenters. The molecule has 1 aliphatic rings. The molecule has 0 spiro atoms. The summed E-state index contributed by atoms with van der Waals surface area (Å²) >= 11 is 0. The predicted molar refractivity (Wildman–Crippen MR) is 81.7 cm³/mol. The van der Waals surface area contributed by atoms with Crippen molar-refractivity contribution in [2.45, 2.75) is 25.0 Å². The van der Waals surface area contributed by atoms with Gasteiger partial charge in [0.2, 0.25) is 5.75 Å². The SMILES string of the molecule is COc1ccc(NC(=O)[C@@H]2CC[C@H](CN)O2)c(OC)c1OC. The van der Waals surface area contributed by atoms with Crippen LogP contribution in [0.15, 0.2) is 12.1 Å². The largest absolute Gasteiger partial charge is 0.493 e. The molecular weight excluding hydrogens is 288 g/mol. The number of carbonyl (C=O) groups is 1. The van der Waals surface area contributed by atoms with Crippen molar-refractivity contribution in [2.24, 2.45) is 5.73 Å². The zero-order valence-electron chi connectivity index (χ0n) is 13.0. The number of methoxy groups -OCH3 is 3. The summed E-state index contributed by atoms with van der Waals surface area (Å²) in [6, 6.07) is 3.41. The highest BCUT2D eigenvalue weighted by Crippen LogP contribution is 2.42. The highest BCUT2D eigenvalue weighted by molar-refractivity contribution is 5.96. The first kappa shape index (κ1) is 16.4. The topological polar surface area (TPSA) is 92.0 Å². The van der Waals surface area contributed by atoms with Gasteiger partial charge >= 0.3 is 0 Å². The molecule has 0 aliphatic carbocycles. The summed E-state index contributed by atoms with van der Waals surface area (Å²) in [6.07, 6.45) is 0.899. The van der Waals surface area contributed by atoms with Crippen molar-refractivity contribution < 1.29 is 23.7 Å². The molecule has 1 heterocycles. The molecule has 22 heavy (non-hydrogen) atoms. The van der Waals surface area contributed by atoms with Crippen molar-refractivity contribution in [1.82, 2.24) is 0 Å². The number of hydrogen-bond donors (Lipinski definition) is 2. The lowest BCUT2D eigenvalue weighted by Crippen LogP contribution is -2.30. The Morgan fingerprint density at radius 2 is 1.95 bits per heavy atom. The number of rotatable bonds is 6. The summed E-state index contributed by atoms with van der Waals surface area (Å²) in [6.45, 7) is 0.420. The van der Waals surface area contributed by atoms with Crippen LogP contribution >= 0.6 is 0 Å². The Morgan fingerprint density at radius 3 is 2.50 bits per heavy atom. The molecule has 7 nitrogen and oxygen atoms in total. The van der Waals surface area contributed by atoms with Crippen LogP contribution in [0.3, 0.4) is 0 Å². The summed E-state index contributed by atoms with van der Waals surface area (Å²) in [4.78, 5) is 12.3. The minimum absolute atomic E-state index is 0.0527. The number of ether oxygens (including phenoxy) is 4. The fourth-order valence-corrected chi connectivity index (χ4v) is 2.48. The molecule has 7 heteroatoms. The van der Waals surface area contributed by atoms with E-state index in [0.717, 1.165) is 6.42 Å². The van der Waals surface area contributed by atoms with Crippen LogP contribution in [0.4, 0.5) is 5.69 Å². The first-order valence-electron chi connectivity index (χ1n) is 7.09. The van der Waals surface area contributed by atoms with Gasteiger partial charge in [-0.1, -0.05) is 0 Å². The van der Waals surface area contributed by atoms with Crippen LogP contribution in [-0.2, 0) is 9.53 Å². The molecule has 1 aromatic rings. The van der Waals surface area contributed by atoms with Gasteiger partial charge in [-0.3, -0.25) is 4.79 Å². The molecule has 1 saturated heterocycles. The Bertz CT molecular complexity index is 535. The molecule has 1 amide bonds. The molecular formula is C15H22N2O5. The fraction of sp³-hybridized carbons (Fsp3) is 0.533. The number of nitrogens with two attached hydrogens (primary N) is 1. The van der Waals surface area contributed by atoms with Gasteiger partial charge in [0.15, 0.2) is 11.5 Å². The minimum atomic E-state index is -0.494. The highest BCUT2D eigenvalue weighted by atomic mass is 16.5. The van der Waals surface area contributed by atoms with Gasteiger partial charge in [0.05, 0.1) is 33.1 Å². The fourth-order valence-electron chi connectivity index (χ4n) is 2.48. The maximum atomic E-state index is 12.3. The average Bonchev–Trinajstić information content (AvgIpc) is 3.03. The summed E-state index contributed by atoms with van der Waals surface area (Å²) in [7, 11) is 4.55. The number of carbonyl (C=O) groups excluding carboxylic acids is 1. The predicted octanol–water partition coefficient (Wildman–Crippen LogP) is 1.16. The Kier molecular flexibility index (Phi) is 5.46. The summed E-state index contributed by atoms with van der Waals surface area (Å²) in [5.74, 6) is 1.14. The van der Waals surface area contributed by atoms with Gasteiger partial charge in [0, 0.05) is 6.54 Å². The second kappa shape index (κ2) is 7.33. The van der Waals surface area contributed by atoms with Crippen molar-refractivity contribution in [1.29, 1.82) is 0 Å². The summed E-state index contributed by atoms with van der Waals surface area (Å²) < 4.78 is 21.4. The lowest BCUT2D eigenvalue weighted by atomic mass is 10.2. The van der Waals surface area contributed by atoms with Crippen LogP contribution in [0.25, 0.3) is 0 Å². The number of hydrogen-bond acceptors (Lipinski definition) is 6. The third-order valence-electron chi connectivity index (χ3n) is 3.62. The van der Waals surface area contributed by atoms with E-state index in [2.05, 4.69) is 5.32 Å². The van der Waals surface area contributed by atoms with Gasteiger partial charge < -0.3 is 30.0 Å². The molecule has 2 rings (SSSR count). The van der Waals surface area contributed by atoms with Crippen molar-refractivity contribution in [3.8, 4) is 17.2 Å². The van der Waals surface area contributed by atoms with Crippen LogP contribution in [0.1, 0.15) is 12.8 Å². The lowest BCUT2D eigenvalue weighted by molar-refractivity contribution is -0.126. The standard InChI is InChI=1S/C15H22N2O5/c1-19-11-7-5-10(13(20-2)14(11)21-3)17-15(18)12-6-4-9(8-16)22-12/h5,7,9,12H,4,6,8,16H2,1-3H3,(H,17,18)/t9-,12+/m1/s1. The van der Waals surface area contributed by atoms with Crippen molar-refractivity contribution in [3.63, 3.8) is 0 Å². The highest BCUT2D eigenvalue weighted by Gasteiger charge is 2.30. The Balaban J connectivity index is 2.17. The third-order valence-corrected chi connectivity index (χ3v) is 3.62. The summed E-state index contributed by atoms with van der Waals surface area (Å²) in [5.41, 5.74) is 6.06. The second-order valence-corrected chi connectivity index (χ2v) is 4.93. The normalized spacial score (nSPS) is 20.5. The smallest absolute Gasteiger partial charge is 0.253 e. The van der Waals surface area contributed by atoms with Crippen LogP contribution in [-0.4, -0.2) is 46.0 Å². The number of nitrogens with one attached hydrogen (secondary N) is 1. The van der Waals surface area contributed by atoms with E-state index < -0.39 is 6.10 Å². The average molecular weight is 310 g/mol. The first-order chi connectivity index (χ1) is 10.6. The van der Waals surface area contributed by atoms with E-state index in [4.69, 9.17) is 24.7 Å². The number of amides is 1. The lowest BCUT2D eigenvalue weighted by Gasteiger charge is -2.18. The summed E-state index contributed by atoms with van der Waals surface area (Å²) in [5, 5.41) is 2.81. The number of benzene rings is 1. The third kappa shape index (κ3) is 3.26. The van der Waals surface area contributed by atoms with Crippen molar-refractivity contribution >= 4 is 11.6 Å². The molecule has 0 radical (unpaired) electrons. The Hall–Kier alpha value is -1.99. The van der Waals surface area contributed by atoms with Gasteiger partial charge in [0.25, 0.3) is 5.91 Å². The van der Waals surface area contributed by atoms with E-state index in [9.17, 15) is 4.79 Å². The van der Waals surface area contributed by atoms with Crippen molar-refractivity contribution in [2.75, 3.05) is 33.2 Å². The van der Waals surface area contributed by atoms with Gasteiger partial charge in [0.1, 0.15) is 6.10 Å². The maximum absolute atomic E-state index is 12.3. The maximum Gasteiger partial charge on any atom is 0.253 e. The molecule has 122 valence electrons. The van der Waals surface area contributed by atoms with Crippen LogP contribution in [0.5, 0.6) is 17.2 Å². The molecule has 1 aromatic carbocycles. The van der Waals surface area contributed by atoms with Gasteiger partial charge in [-0.15, -0.1) is 0 Å². The first-order valence-corrected chi connectivity index (χ1v) is 7.09. The van der Waals surface area contributed by atoms with Crippen LogP contribution in [0.2, 0.25) is 0 Å². The van der Waals surface area contributed by atoms with E-state index in [1.54, 1.807) is 12.1 Å².